The zero-order chi connectivity index (χ0) is 8.27. The summed E-state index contributed by atoms with van der Waals surface area (Å²) in [5.74, 6) is -0.0163. The Balaban J connectivity index is 3.14. The van der Waals surface area contributed by atoms with E-state index in [0.29, 0.717) is 10.6 Å². The molecule has 0 unspecified atom stereocenters. The molecular formula is C6H6ClN3O. The van der Waals surface area contributed by atoms with Gasteiger partial charge in [-0.1, -0.05) is 16.8 Å². The van der Waals surface area contributed by atoms with Crippen LogP contribution in [0.25, 0.3) is 0 Å². The summed E-state index contributed by atoms with van der Waals surface area (Å²) in [6, 6.07) is 1.57. The first-order valence-electron chi connectivity index (χ1n) is 2.83. The van der Waals surface area contributed by atoms with Crippen molar-refractivity contribution < 1.29 is 5.21 Å². The minimum Gasteiger partial charge on any atom is -0.409 e. The molecule has 0 amide bonds. The molecule has 0 spiro atoms. The van der Waals surface area contributed by atoms with Gasteiger partial charge in [-0.05, 0) is 6.07 Å². The maximum Gasteiger partial charge on any atom is 0.171 e. The molecule has 0 fully saturated rings. The molecule has 0 saturated carbocycles. The number of nitrogens with zero attached hydrogens (tertiary/aromatic N) is 2. The van der Waals surface area contributed by atoms with E-state index in [1.807, 2.05) is 0 Å². The van der Waals surface area contributed by atoms with E-state index in [9.17, 15) is 0 Å². The van der Waals surface area contributed by atoms with Gasteiger partial charge in [0.15, 0.2) is 5.84 Å². The Bertz CT molecular complexity index is 287. The van der Waals surface area contributed by atoms with Crippen LogP contribution in [0.5, 0.6) is 0 Å². The maximum absolute atomic E-state index is 8.30. The fourth-order valence-electron chi connectivity index (χ4n) is 0.637. The second-order valence-electron chi connectivity index (χ2n) is 1.84. The van der Waals surface area contributed by atoms with Crippen LogP contribution in [0.3, 0.4) is 0 Å². The normalized spacial score (nSPS) is 11.5. The molecule has 1 aromatic heterocycles. The van der Waals surface area contributed by atoms with Gasteiger partial charge in [0.25, 0.3) is 0 Å². The van der Waals surface area contributed by atoms with Crippen molar-refractivity contribution in [3.8, 4) is 0 Å². The molecule has 3 N–H and O–H groups in total. The Morgan fingerprint density at radius 1 is 1.73 bits per heavy atom. The van der Waals surface area contributed by atoms with Gasteiger partial charge < -0.3 is 10.9 Å². The van der Waals surface area contributed by atoms with Crippen LogP contribution < -0.4 is 5.73 Å². The van der Waals surface area contributed by atoms with E-state index >= 15 is 0 Å². The van der Waals surface area contributed by atoms with Gasteiger partial charge in [0.05, 0.1) is 5.02 Å². The summed E-state index contributed by atoms with van der Waals surface area (Å²) in [6.45, 7) is 0. The van der Waals surface area contributed by atoms with Gasteiger partial charge in [-0.15, -0.1) is 0 Å². The third-order valence-electron chi connectivity index (χ3n) is 1.16. The van der Waals surface area contributed by atoms with Crippen LogP contribution in [0.2, 0.25) is 5.02 Å². The first kappa shape index (κ1) is 7.81. The number of halogens is 1. The van der Waals surface area contributed by atoms with Crippen molar-refractivity contribution in [1.29, 1.82) is 0 Å². The minimum absolute atomic E-state index is 0.0163. The van der Waals surface area contributed by atoms with Gasteiger partial charge in [0, 0.05) is 18.0 Å². The van der Waals surface area contributed by atoms with E-state index < -0.39 is 0 Å². The van der Waals surface area contributed by atoms with E-state index in [2.05, 4.69) is 10.1 Å². The molecule has 1 aromatic rings. The summed E-state index contributed by atoms with van der Waals surface area (Å²) in [4.78, 5) is 3.74. The third-order valence-corrected chi connectivity index (χ3v) is 1.46. The molecule has 58 valence electrons. The smallest absolute Gasteiger partial charge is 0.171 e. The average molecular weight is 172 g/mol. The van der Waals surface area contributed by atoms with E-state index in [4.69, 9.17) is 22.5 Å². The maximum atomic E-state index is 8.30. The Morgan fingerprint density at radius 3 is 3.00 bits per heavy atom. The molecule has 0 aliphatic carbocycles. The molecule has 0 atom stereocenters. The lowest BCUT2D eigenvalue weighted by Gasteiger charge is -1.98. The summed E-state index contributed by atoms with van der Waals surface area (Å²) in [5.41, 5.74) is 5.76. The molecule has 1 rings (SSSR count). The molecule has 4 nitrogen and oxygen atoms in total. The second kappa shape index (κ2) is 3.21. The predicted molar refractivity (Wildman–Crippen MR) is 41.8 cm³/mol. The largest absolute Gasteiger partial charge is 0.409 e. The highest BCUT2D eigenvalue weighted by molar-refractivity contribution is 6.33. The summed E-state index contributed by atoms with van der Waals surface area (Å²) < 4.78 is 0. The third kappa shape index (κ3) is 1.59. The van der Waals surface area contributed by atoms with Crippen molar-refractivity contribution in [3.63, 3.8) is 0 Å². The SMILES string of the molecule is N/C(=N\O)c1ccncc1Cl. The van der Waals surface area contributed by atoms with Gasteiger partial charge in [-0.3, -0.25) is 4.98 Å². The van der Waals surface area contributed by atoms with Crippen LogP contribution in [-0.2, 0) is 0 Å². The summed E-state index contributed by atoms with van der Waals surface area (Å²) >= 11 is 5.66. The molecule has 0 radical (unpaired) electrons. The Morgan fingerprint density at radius 2 is 2.45 bits per heavy atom. The van der Waals surface area contributed by atoms with Crippen LogP contribution in [0, 0.1) is 0 Å². The zero-order valence-electron chi connectivity index (χ0n) is 5.53. The number of amidine groups is 1. The predicted octanol–water partition coefficient (Wildman–Crippen LogP) is 0.829. The number of oxime groups is 1. The van der Waals surface area contributed by atoms with Crippen molar-refractivity contribution in [1.82, 2.24) is 4.98 Å². The first-order chi connectivity index (χ1) is 5.25. The highest BCUT2D eigenvalue weighted by Gasteiger charge is 2.02. The number of hydrogen-bond acceptors (Lipinski definition) is 3. The topological polar surface area (TPSA) is 71.5 Å². The quantitative estimate of drug-likeness (QED) is 0.285. The average Bonchev–Trinajstić information content (AvgIpc) is 2.04. The molecule has 0 aromatic carbocycles. The number of pyridine rings is 1. The monoisotopic (exact) mass is 171 g/mol. The Hall–Kier alpha value is -1.29. The van der Waals surface area contributed by atoms with Gasteiger partial charge in [-0.2, -0.15) is 0 Å². The Kier molecular flexibility index (Phi) is 2.28. The lowest BCUT2D eigenvalue weighted by Crippen LogP contribution is -2.13. The van der Waals surface area contributed by atoms with Crippen LogP contribution in [0.4, 0.5) is 0 Å². The van der Waals surface area contributed by atoms with E-state index in [0.717, 1.165) is 0 Å². The van der Waals surface area contributed by atoms with Crippen LogP contribution in [0.15, 0.2) is 23.6 Å². The molecule has 0 bridgehead atoms. The summed E-state index contributed by atoms with van der Waals surface area (Å²) in [7, 11) is 0. The molecule has 5 heteroatoms. The fourth-order valence-corrected chi connectivity index (χ4v) is 0.853. The number of rotatable bonds is 1. The van der Waals surface area contributed by atoms with Crippen LogP contribution in [-0.4, -0.2) is 16.0 Å². The highest BCUT2D eigenvalue weighted by atomic mass is 35.5. The van der Waals surface area contributed by atoms with E-state index in [1.54, 1.807) is 6.07 Å². The van der Waals surface area contributed by atoms with Crippen LogP contribution >= 0.6 is 11.6 Å². The van der Waals surface area contributed by atoms with Crippen molar-refractivity contribution in [2.75, 3.05) is 0 Å². The molecule has 0 aliphatic rings. The molecule has 11 heavy (non-hydrogen) atoms. The van der Waals surface area contributed by atoms with Gasteiger partial charge >= 0.3 is 0 Å². The number of nitrogens with two attached hydrogens (primary N) is 1. The van der Waals surface area contributed by atoms with Gasteiger partial charge in [0.2, 0.25) is 0 Å². The van der Waals surface area contributed by atoms with Crippen molar-refractivity contribution in [2.45, 2.75) is 0 Å². The van der Waals surface area contributed by atoms with Crippen molar-refractivity contribution in [3.05, 3.63) is 29.0 Å². The zero-order valence-corrected chi connectivity index (χ0v) is 6.28. The molecule has 0 saturated heterocycles. The fraction of sp³-hybridized carbons (Fsp3) is 0. The molecular weight excluding hydrogens is 166 g/mol. The molecule has 0 aliphatic heterocycles. The lowest BCUT2D eigenvalue weighted by molar-refractivity contribution is 0.318. The first-order valence-corrected chi connectivity index (χ1v) is 3.21. The van der Waals surface area contributed by atoms with Gasteiger partial charge in [-0.25, -0.2) is 0 Å². The van der Waals surface area contributed by atoms with Crippen molar-refractivity contribution >= 4 is 17.4 Å². The van der Waals surface area contributed by atoms with E-state index in [1.165, 1.54) is 12.4 Å². The minimum atomic E-state index is -0.0163. The van der Waals surface area contributed by atoms with E-state index in [-0.39, 0.29) is 5.84 Å². The molecule has 1 heterocycles. The number of aromatic nitrogens is 1. The number of hydrogen-bond donors (Lipinski definition) is 2. The Labute approximate surface area is 68.3 Å². The van der Waals surface area contributed by atoms with Crippen LogP contribution in [0.1, 0.15) is 5.56 Å². The second-order valence-corrected chi connectivity index (χ2v) is 2.25. The standard InChI is InChI=1S/C6H6ClN3O/c7-5-3-9-2-1-4(5)6(8)10-11/h1-3,11H,(H2,8,10). The summed E-state index contributed by atoms with van der Waals surface area (Å²) in [6.07, 6.45) is 2.94. The van der Waals surface area contributed by atoms with Crippen molar-refractivity contribution in [2.24, 2.45) is 10.9 Å². The highest BCUT2D eigenvalue weighted by Crippen LogP contribution is 2.12. The summed E-state index contributed by atoms with van der Waals surface area (Å²) in [5, 5.41) is 11.5. The lowest BCUT2D eigenvalue weighted by atomic mass is 10.2. The van der Waals surface area contributed by atoms with Gasteiger partial charge in [0.1, 0.15) is 0 Å².